The van der Waals surface area contributed by atoms with Gasteiger partial charge in [-0.2, -0.15) is 0 Å². The summed E-state index contributed by atoms with van der Waals surface area (Å²) in [6.45, 7) is 1.16. The highest BCUT2D eigenvalue weighted by atomic mass is 79.9. The molecule has 0 aromatic heterocycles. The molecular formula is C13H17BrClNO3. The van der Waals surface area contributed by atoms with Crippen LogP contribution < -0.4 is 10.1 Å². The monoisotopic (exact) mass is 349 g/mol. The van der Waals surface area contributed by atoms with Crippen LogP contribution in [0.25, 0.3) is 0 Å². The van der Waals surface area contributed by atoms with Gasteiger partial charge in [-0.1, -0.05) is 27.5 Å². The first-order valence-electron chi connectivity index (χ1n) is 5.83. The quantitative estimate of drug-likeness (QED) is 0.769. The number of hydrogen-bond acceptors (Lipinski definition) is 3. The number of rotatable bonds is 7. The van der Waals surface area contributed by atoms with Crippen LogP contribution in [0.15, 0.2) is 18.2 Å². The first-order valence-corrected chi connectivity index (χ1v) is 7.12. The molecule has 1 aromatic carbocycles. The Balaban J connectivity index is 2.56. The van der Waals surface area contributed by atoms with E-state index in [-0.39, 0.29) is 10.7 Å². The highest BCUT2D eigenvalue weighted by Gasteiger charge is 2.13. The van der Waals surface area contributed by atoms with Crippen LogP contribution in [-0.4, -0.2) is 38.1 Å². The van der Waals surface area contributed by atoms with Gasteiger partial charge in [0.25, 0.3) is 5.91 Å². The van der Waals surface area contributed by atoms with Crippen molar-refractivity contribution in [1.82, 2.24) is 5.32 Å². The summed E-state index contributed by atoms with van der Waals surface area (Å²) in [5, 5.41) is 3.33. The number of alkyl halides is 1. The van der Waals surface area contributed by atoms with Crippen molar-refractivity contribution >= 4 is 33.4 Å². The summed E-state index contributed by atoms with van der Waals surface area (Å²) in [7, 11) is 3.16. The lowest BCUT2D eigenvalue weighted by atomic mass is 10.2. The van der Waals surface area contributed by atoms with Crippen molar-refractivity contribution in [3.63, 3.8) is 0 Å². The lowest BCUT2D eigenvalue weighted by Crippen LogP contribution is -2.27. The third kappa shape index (κ3) is 5.38. The molecule has 106 valence electrons. The van der Waals surface area contributed by atoms with Gasteiger partial charge in [0, 0.05) is 23.5 Å². The van der Waals surface area contributed by atoms with Gasteiger partial charge in [-0.05, 0) is 24.6 Å². The Morgan fingerprint density at radius 3 is 2.84 bits per heavy atom. The molecule has 0 bridgehead atoms. The van der Waals surface area contributed by atoms with Crippen molar-refractivity contribution < 1.29 is 14.3 Å². The second-order valence-corrected chi connectivity index (χ2v) is 5.67. The van der Waals surface area contributed by atoms with Gasteiger partial charge < -0.3 is 14.8 Å². The summed E-state index contributed by atoms with van der Waals surface area (Å²) < 4.78 is 10.1. The maximum atomic E-state index is 12.0. The Labute approximate surface area is 126 Å². The molecule has 0 aliphatic rings. The highest BCUT2D eigenvalue weighted by Crippen LogP contribution is 2.22. The summed E-state index contributed by atoms with van der Waals surface area (Å²) in [4.78, 5) is 12.2. The molecule has 0 saturated carbocycles. The zero-order chi connectivity index (χ0) is 14.3. The first kappa shape index (κ1) is 16.3. The number of benzene rings is 1. The Kier molecular flexibility index (Phi) is 7.20. The number of carbonyl (C=O) groups excluding carboxylic acids is 1. The molecule has 1 rings (SSSR count). The highest BCUT2D eigenvalue weighted by molar-refractivity contribution is 9.09. The zero-order valence-corrected chi connectivity index (χ0v) is 13.3. The second-order valence-electron chi connectivity index (χ2n) is 3.94. The summed E-state index contributed by atoms with van der Waals surface area (Å²) in [6, 6.07) is 4.95. The molecule has 6 heteroatoms. The number of carbonyl (C=O) groups is 1. The van der Waals surface area contributed by atoms with E-state index < -0.39 is 0 Å². The standard InChI is InChI=1S/C13H17BrClNO3/c1-18-8-9(14)5-6-16-13(17)11-7-10(15)3-4-12(11)19-2/h3-4,7,9H,5-6,8H2,1-2H3,(H,16,17). The minimum Gasteiger partial charge on any atom is -0.496 e. The van der Waals surface area contributed by atoms with E-state index in [2.05, 4.69) is 21.2 Å². The van der Waals surface area contributed by atoms with Crippen molar-refractivity contribution in [3.05, 3.63) is 28.8 Å². The van der Waals surface area contributed by atoms with Crippen LogP contribution in [0.3, 0.4) is 0 Å². The molecule has 0 radical (unpaired) electrons. The number of methoxy groups -OCH3 is 2. The van der Waals surface area contributed by atoms with E-state index in [1.807, 2.05) is 0 Å². The normalized spacial score (nSPS) is 12.0. The zero-order valence-electron chi connectivity index (χ0n) is 10.9. The number of hydrogen-bond donors (Lipinski definition) is 1. The van der Waals surface area contributed by atoms with E-state index >= 15 is 0 Å². The van der Waals surface area contributed by atoms with Crippen molar-refractivity contribution in [2.24, 2.45) is 0 Å². The van der Waals surface area contributed by atoms with Crippen molar-refractivity contribution in [3.8, 4) is 5.75 Å². The van der Waals surface area contributed by atoms with Gasteiger partial charge in [-0.3, -0.25) is 4.79 Å². The van der Waals surface area contributed by atoms with Gasteiger partial charge in [0.1, 0.15) is 5.75 Å². The maximum absolute atomic E-state index is 12.0. The van der Waals surface area contributed by atoms with Crippen LogP contribution in [0.2, 0.25) is 5.02 Å². The number of ether oxygens (including phenoxy) is 2. The fourth-order valence-electron chi connectivity index (χ4n) is 1.56. The Hall–Kier alpha value is -0.780. The summed E-state index contributed by atoms with van der Waals surface area (Å²) in [6.07, 6.45) is 0.780. The van der Waals surface area contributed by atoms with Gasteiger partial charge in [0.05, 0.1) is 19.3 Å². The molecule has 1 unspecified atom stereocenters. The predicted molar refractivity (Wildman–Crippen MR) is 79.5 cm³/mol. The summed E-state index contributed by atoms with van der Waals surface area (Å²) in [5.41, 5.74) is 0.438. The van der Waals surface area contributed by atoms with Crippen LogP contribution in [0.5, 0.6) is 5.75 Å². The molecule has 1 atom stereocenters. The third-order valence-corrected chi connectivity index (χ3v) is 3.45. The van der Waals surface area contributed by atoms with E-state index in [9.17, 15) is 4.79 Å². The van der Waals surface area contributed by atoms with Crippen LogP contribution in [0, 0.1) is 0 Å². The van der Waals surface area contributed by atoms with E-state index in [1.54, 1.807) is 25.3 Å². The lowest BCUT2D eigenvalue weighted by molar-refractivity contribution is 0.0949. The van der Waals surface area contributed by atoms with Crippen LogP contribution >= 0.6 is 27.5 Å². The number of halogens is 2. The van der Waals surface area contributed by atoms with Crippen LogP contribution in [0.4, 0.5) is 0 Å². The topological polar surface area (TPSA) is 47.6 Å². The summed E-state index contributed by atoms with van der Waals surface area (Å²) in [5.74, 6) is 0.311. The lowest BCUT2D eigenvalue weighted by Gasteiger charge is -2.11. The third-order valence-electron chi connectivity index (χ3n) is 2.50. The molecule has 0 aliphatic heterocycles. The molecule has 0 spiro atoms. The summed E-state index contributed by atoms with van der Waals surface area (Å²) >= 11 is 9.35. The molecule has 4 nitrogen and oxygen atoms in total. The number of amides is 1. The largest absolute Gasteiger partial charge is 0.496 e. The smallest absolute Gasteiger partial charge is 0.255 e. The molecule has 19 heavy (non-hydrogen) atoms. The van der Waals surface area contributed by atoms with Crippen molar-refractivity contribution in [2.45, 2.75) is 11.2 Å². The maximum Gasteiger partial charge on any atom is 0.255 e. The predicted octanol–water partition coefficient (Wildman–Crippen LogP) is 2.88. The molecule has 0 aliphatic carbocycles. The van der Waals surface area contributed by atoms with Crippen LogP contribution in [0.1, 0.15) is 16.8 Å². The van der Waals surface area contributed by atoms with E-state index in [4.69, 9.17) is 21.1 Å². The molecule has 1 amide bonds. The van der Waals surface area contributed by atoms with Gasteiger partial charge in [0.2, 0.25) is 0 Å². The van der Waals surface area contributed by atoms with Gasteiger partial charge in [-0.25, -0.2) is 0 Å². The van der Waals surface area contributed by atoms with E-state index in [1.165, 1.54) is 7.11 Å². The molecule has 1 aromatic rings. The number of nitrogens with one attached hydrogen (secondary N) is 1. The molecule has 1 N–H and O–H groups in total. The second kappa shape index (κ2) is 8.40. The average Bonchev–Trinajstić information content (AvgIpc) is 2.38. The Morgan fingerprint density at radius 2 is 2.21 bits per heavy atom. The SMILES string of the molecule is COCC(Br)CCNC(=O)c1cc(Cl)ccc1OC. The molecular weight excluding hydrogens is 334 g/mol. The Morgan fingerprint density at radius 1 is 1.47 bits per heavy atom. The van der Waals surface area contributed by atoms with Gasteiger partial charge >= 0.3 is 0 Å². The minimum absolute atomic E-state index is 0.198. The average molecular weight is 351 g/mol. The van der Waals surface area contributed by atoms with Gasteiger partial charge in [-0.15, -0.1) is 0 Å². The minimum atomic E-state index is -0.198. The fourth-order valence-corrected chi connectivity index (χ4v) is 2.22. The van der Waals surface area contributed by atoms with Crippen molar-refractivity contribution in [1.29, 1.82) is 0 Å². The Bertz CT molecular complexity index is 428. The van der Waals surface area contributed by atoms with Gasteiger partial charge in [0.15, 0.2) is 0 Å². The first-order chi connectivity index (χ1) is 9.08. The molecule has 0 heterocycles. The molecule has 0 saturated heterocycles. The fraction of sp³-hybridized carbons (Fsp3) is 0.462. The van der Waals surface area contributed by atoms with E-state index in [0.29, 0.717) is 29.5 Å². The van der Waals surface area contributed by atoms with Crippen LogP contribution in [-0.2, 0) is 4.74 Å². The molecule has 0 fully saturated rings. The van der Waals surface area contributed by atoms with E-state index in [0.717, 1.165) is 6.42 Å². The van der Waals surface area contributed by atoms with Crippen molar-refractivity contribution in [2.75, 3.05) is 27.4 Å².